The molecule has 0 fully saturated rings. The Hall–Kier alpha value is -8.00. The molecule has 1 nitrogen and oxygen atoms in total. The molecular weight excluding hydrogens is 747 g/mol. The smallest absolute Gasteiger partial charge is 0.0714 e. The molecule has 1 aliphatic rings. The second-order valence-corrected chi connectivity index (χ2v) is 16.4. The summed E-state index contributed by atoms with van der Waals surface area (Å²) in [5, 5.41) is 7.54. The Morgan fingerprint density at radius 1 is 0.290 bits per heavy atom. The molecule has 0 saturated carbocycles. The Bertz CT molecular complexity index is 3410. The van der Waals surface area contributed by atoms with Crippen LogP contribution < -0.4 is 4.90 Å². The molecule has 0 unspecified atom stereocenters. The number of fused-ring (bicyclic) bond motifs is 7. The lowest BCUT2D eigenvalue weighted by atomic mass is 9.68. The minimum Gasteiger partial charge on any atom is -0.310 e. The van der Waals surface area contributed by atoms with Crippen molar-refractivity contribution in [2.24, 2.45) is 0 Å². The molecule has 0 atom stereocenters. The molecule has 62 heavy (non-hydrogen) atoms. The van der Waals surface area contributed by atoms with E-state index in [1.807, 2.05) is 0 Å². The third kappa shape index (κ3) is 5.56. The van der Waals surface area contributed by atoms with Gasteiger partial charge in [0.2, 0.25) is 0 Å². The number of nitrogens with zero attached hydrogens (tertiary/aromatic N) is 1. The predicted octanol–water partition coefficient (Wildman–Crippen LogP) is 16.3. The van der Waals surface area contributed by atoms with Gasteiger partial charge < -0.3 is 4.90 Å². The van der Waals surface area contributed by atoms with E-state index in [1.54, 1.807) is 0 Å². The second-order valence-electron chi connectivity index (χ2n) is 16.4. The third-order valence-electron chi connectivity index (χ3n) is 13.1. The van der Waals surface area contributed by atoms with E-state index in [4.69, 9.17) is 0 Å². The minimum absolute atomic E-state index is 0.512. The Labute approximate surface area is 362 Å². The van der Waals surface area contributed by atoms with E-state index in [-0.39, 0.29) is 0 Å². The van der Waals surface area contributed by atoms with Crippen molar-refractivity contribution in [3.05, 3.63) is 271 Å². The lowest BCUT2D eigenvalue weighted by Gasteiger charge is -2.34. The van der Waals surface area contributed by atoms with Crippen LogP contribution in [0.5, 0.6) is 0 Å². The summed E-state index contributed by atoms with van der Waals surface area (Å²) in [6.45, 7) is 0. The van der Waals surface area contributed by atoms with Gasteiger partial charge in [0.15, 0.2) is 0 Å². The van der Waals surface area contributed by atoms with Crippen LogP contribution in [0, 0.1) is 0 Å². The standard InChI is InChI=1S/C61H41N/c1-3-22-46(23-4-1)61(47-24-5-2-6-25-47)57-33-14-13-31-55(57)60-58(61)34-17-35-59(60)62(49-26-15-21-44(40-49)51-32-16-20-42-18-7-9-27-50(42)51)48-38-36-43(37-39-48)56-41-45-19-8-10-28-52(45)53-29-11-12-30-54(53)56/h1-41H. The maximum atomic E-state index is 2.48. The minimum atomic E-state index is -0.512. The summed E-state index contributed by atoms with van der Waals surface area (Å²) in [7, 11) is 0. The average molecular weight is 788 g/mol. The number of benzene rings is 11. The highest BCUT2D eigenvalue weighted by Gasteiger charge is 2.47. The zero-order valence-electron chi connectivity index (χ0n) is 34.1. The fraction of sp³-hybridized carbons (Fsp3) is 0.0164. The van der Waals surface area contributed by atoms with Crippen molar-refractivity contribution in [1.29, 1.82) is 0 Å². The van der Waals surface area contributed by atoms with Gasteiger partial charge in [-0.2, -0.15) is 0 Å². The van der Waals surface area contributed by atoms with E-state index in [0.717, 1.165) is 17.1 Å². The first kappa shape index (κ1) is 35.9. The summed E-state index contributed by atoms with van der Waals surface area (Å²) in [4.78, 5) is 2.48. The first-order chi connectivity index (χ1) is 30.8. The first-order valence-electron chi connectivity index (χ1n) is 21.5. The van der Waals surface area contributed by atoms with Crippen LogP contribution in [0.2, 0.25) is 0 Å². The van der Waals surface area contributed by atoms with Crippen molar-refractivity contribution >= 4 is 49.4 Å². The molecule has 0 radical (unpaired) electrons. The van der Waals surface area contributed by atoms with E-state index in [1.165, 1.54) is 88.0 Å². The zero-order chi connectivity index (χ0) is 41.0. The van der Waals surface area contributed by atoms with Gasteiger partial charge in [0.1, 0.15) is 0 Å². The molecule has 0 N–H and O–H groups in total. The summed E-state index contributed by atoms with van der Waals surface area (Å²) in [5.74, 6) is 0. The van der Waals surface area contributed by atoms with E-state index < -0.39 is 5.41 Å². The van der Waals surface area contributed by atoms with Crippen LogP contribution in [0.25, 0.3) is 65.7 Å². The van der Waals surface area contributed by atoms with Gasteiger partial charge in [-0.05, 0) is 119 Å². The highest BCUT2D eigenvalue weighted by molar-refractivity contribution is 6.14. The van der Waals surface area contributed by atoms with Gasteiger partial charge in [0, 0.05) is 16.9 Å². The van der Waals surface area contributed by atoms with Crippen LogP contribution in [0.4, 0.5) is 17.1 Å². The lowest BCUT2D eigenvalue weighted by Crippen LogP contribution is -2.28. The maximum Gasteiger partial charge on any atom is 0.0714 e. The van der Waals surface area contributed by atoms with Crippen LogP contribution >= 0.6 is 0 Å². The summed E-state index contributed by atoms with van der Waals surface area (Å²) in [5.41, 5.74) is 15.2. The van der Waals surface area contributed by atoms with Crippen LogP contribution in [0.3, 0.4) is 0 Å². The monoisotopic (exact) mass is 787 g/mol. The fourth-order valence-corrected chi connectivity index (χ4v) is 10.5. The lowest BCUT2D eigenvalue weighted by molar-refractivity contribution is 0.768. The van der Waals surface area contributed by atoms with Crippen molar-refractivity contribution in [2.45, 2.75) is 5.41 Å². The van der Waals surface area contributed by atoms with Crippen LogP contribution in [-0.4, -0.2) is 0 Å². The largest absolute Gasteiger partial charge is 0.310 e. The molecule has 12 rings (SSSR count). The van der Waals surface area contributed by atoms with E-state index in [0.29, 0.717) is 0 Å². The molecule has 0 amide bonds. The van der Waals surface area contributed by atoms with Gasteiger partial charge in [-0.1, -0.05) is 212 Å². The van der Waals surface area contributed by atoms with Crippen molar-refractivity contribution in [1.82, 2.24) is 0 Å². The molecule has 0 spiro atoms. The van der Waals surface area contributed by atoms with Crippen molar-refractivity contribution in [3.8, 4) is 33.4 Å². The van der Waals surface area contributed by atoms with E-state index in [9.17, 15) is 0 Å². The molecule has 290 valence electrons. The quantitative estimate of drug-likeness (QED) is 0.145. The summed E-state index contributed by atoms with van der Waals surface area (Å²) in [6, 6.07) is 91.7. The van der Waals surface area contributed by atoms with Gasteiger partial charge >= 0.3 is 0 Å². The van der Waals surface area contributed by atoms with E-state index in [2.05, 4.69) is 254 Å². The van der Waals surface area contributed by atoms with Crippen LogP contribution in [0.1, 0.15) is 22.3 Å². The number of anilines is 3. The van der Waals surface area contributed by atoms with Crippen LogP contribution in [-0.2, 0) is 5.41 Å². The summed E-state index contributed by atoms with van der Waals surface area (Å²) < 4.78 is 0. The van der Waals surface area contributed by atoms with Crippen LogP contribution in [0.15, 0.2) is 249 Å². The number of hydrogen-bond donors (Lipinski definition) is 0. The molecule has 0 heterocycles. The highest BCUT2D eigenvalue weighted by Crippen LogP contribution is 2.59. The third-order valence-corrected chi connectivity index (χ3v) is 13.1. The molecule has 11 aromatic carbocycles. The van der Waals surface area contributed by atoms with Gasteiger partial charge in [-0.15, -0.1) is 0 Å². The van der Waals surface area contributed by atoms with Crippen molar-refractivity contribution in [2.75, 3.05) is 4.90 Å². The second kappa shape index (κ2) is 14.6. The molecule has 0 bridgehead atoms. The van der Waals surface area contributed by atoms with Gasteiger partial charge in [-0.25, -0.2) is 0 Å². The predicted molar refractivity (Wildman–Crippen MR) is 262 cm³/mol. The fourth-order valence-electron chi connectivity index (χ4n) is 10.5. The Balaban J connectivity index is 1.11. The maximum absolute atomic E-state index is 2.48. The SMILES string of the molecule is c1ccc(C2(c3ccccc3)c3ccccc3-c3c(N(c4ccc(-c5cc6ccccc6c6ccccc56)cc4)c4cccc(-c5cccc6ccccc56)c4)cccc32)cc1. The molecule has 1 heteroatoms. The number of hydrogen-bond acceptors (Lipinski definition) is 1. The molecular formula is C61H41N. The molecule has 0 aromatic heterocycles. The average Bonchev–Trinajstić information content (AvgIpc) is 3.66. The van der Waals surface area contributed by atoms with Gasteiger partial charge in [0.25, 0.3) is 0 Å². The van der Waals surface area contributed by atoms with E-state index >= 15 is 0 Å². The Morgan fingerprint density at radius 3 is 1.63 bits per heavy atom. The topological polar surface area (TPSA) is 3.24 Å². The highest BCUT2D eigenvalue weighted by atomic mass is 15.1. The summed E-state index contributed by atoms with van der Waals surface area (Å²) in [6.07, 6.45) is 0. The Kier molecular flexibility index (Phi) is 8.47. The molecule has 11 aromatic rings. The zero-order valence-corrected chi connectivity index (χ0v) is 34.1. The number of rotatable bonds is 7. The molecule has 0 saturated heterocycles. The van der Waals surface area contributed by atoms with Gasteiger partial charge in [0.05, 0.1) is 11.1 Å². The normalized spacial score (nSPS) is 12.6. The molecule has 0 aliphatic heterocycles. The van der Waals surface area contributed by atoms with Crippen molar-refractivity contribution < 1.29 is 0 Å². The first-order valence-corrected chi connectivity index (χ1v) is 21.5. The van der Waals surface area contributed by atoms with Gasteiger partial charge in [-0.3, -0.25) is 0 Å². The van der Waals surface area contributed by atoms with Crippen molar-refractivity contribution in [3.63, 3.8) is 0 Å². The summed E-state index contributed by atoms with van der Waals surface area (Å²) >= 11 is 0. The molecule has 1 aliphatic carbocycles. The Morgan fingerprint density at radius 2 is 0.855 bits per heavy atom.